The van der Waals surface area contributed by atoms with E-state index < -0.39 is 0 Å². The summed E-state index contributed by atoms with van der Waals surface area (Å²) in [5, 5.41) is 10.8. The Morgan fingerprint density at radius 1 is 0.871 bits per heavy atom. The standard InChI is InChI=1S/C28H48O3/c1-21(2)15-13-11-9-10-12-14-18-31-25(29)17-16-22-19-23(27(3,4)5)26(30)24(20-22)28(6,7)8/h19-21,30H,9-18H2,1-8H3. The van der Waals surface area contributed by atoms with Gasteiger partial charge in [-0.15, -0.1) is 0 Å². The molecule has 0 unspecified atom stereocenters. The van der Waals surface area contributed by atoms with Crippen LogP contribution in [-0.2, 0) is 26.8 Å². The van der Waals surface area contributed by atoms with Crippen LogP contribution in [0.5, 0.6) is 5.75 Å². The van der Waals surface area contributed by atoms with Crippen molar-refractivity contribution in [3.8, 4) is 5.75 Å². The molecule has 0 bridgehead atoms. The molecule has 31 heavy (non-hydrogen) atoms. The Kier molecular flexibility index (Phi) is 11.1. The number of hydrogen-bond donors (Lipinski definition) is 1. The van der Waals surface area contributed by atoms with Crippen LogP contribution in [-0.4, -0.2) is 17.7 Å². The van der Waals surface area contributed by atoms with E-state index in [0.717, 1.165) is 35.4 Å². The van der Waals surface area contributed by atoms with Gasteiger partial charge in [-0.2, -0.15) is 0 Å². The van der Waals surface area contributed by atoms with Crippen molar-refractivity contribution in [1.82, 2.24) is 0 Å². The van der Waals surface area contributed by atoms with Gasteiger partial charge in [-0.1, -0.05) is 106 Å². The molecule has 0 aliphatic rings. The number of rotatable bonds is 12. The Balaban J connectivity index is 2.46. The monoisotopic (exact) mass is 432 g/mol. The molecule has 1 aromatic rings. The van der Waals surface area contributed by atoms with Gasteiger partial charge in [-0.3, -0.25) is 4.79 Å². The van der Waals surface area contributed by atoms with Gasteiger partial charge in [0.1, 0.15) is 5.75 Å². The Morgan fingerprint density at radius 3 is 1.84 bits per heavy atom. The molecule has 0 heterocycles. The third-order valence-electron chi connectivity index (χ3n) is 5.84. The lowest BCUT2D eigenvalue weighted by atomic mass is 9.78. The van der Waals surface area contributed by atoms with Crippen LogP contribution in [0.25, 0.3) is 0 Å². The van der Waals surface area contributed by atoms with Crippen LogP contribution in [0.4, 0.5) is 0 Å². The van der Waals surface area contributed by atoms with Crippen molar-refractivity contribution in [2.75, 3.05) is 6.61 Å². The summed E-state index contributed by atoms with van der Waals surface area (Å²) in [6, 6.07) is 4.11. The number of carbonyl (C=O) groups is 1. The van der Waals surface area contributed by atoms with Crippen molar-refractivity contribution in [3.63, 3.8) is 0 Å². The molecule has 0 fully saturated rings. The van der Waals surface area contributed by atoms with E-state index in [9.17, 15) is 9.90 Å². The van der Waals surface area contributed by atoms with Crippen molar-refractivity contribution in [2.45, 2.75) is 124 Å². The normalized spacial score (nSPS) is 12.4. The van der Waals surface area contributed by atoms with Crippen molar-refractivity contribution in [2.24, 2.45) is 5.92 Å². The first-order valence-corrected chi connectivity index (χ1v) is 12.3. The van der Waals surface area contributed by atoms with Gasteiger partial charge in [0.2, 0.25) is 0 Å². The fourth-order valence-electron chi connectivity index (χ4n) is 3.85. The van der Waals surface area contributed by atoms with Crippen molar-refractivity contribution < 1.29 is 14.6 Å². The summed E-state index contributed by atoms with van der Waals surface area (Å²) >= 11 is 0. The highest BCUT2D eigenvalue weighted by atomic mass is 16.5. The number of ether oxygens (including phenoxy) is 1. The molecule has 1 rings (SSSR count). The van der Waals surface area contributed by atoms with Gasteiger partial charge in [0, 0.05) is 6.42 Å². The van der Waals surface area contributed by atoms with Gasteiger partial charge in [-0.25, -0.2) is 0 Å². The molecule has 0 spiro atoms. The minimum atomic E-state index is -0.157. The molecule has 0 atom stereocenters. The topological polar surface area (TPSA) is 46.5 Å². The van der Waals surface area contributed by atoms with Crippen molar-refractivity contribution in [3.05, 3.63) is 28.8 Å². The summed E-state index contributed by atoms with van der Waals surface area (Å²) in [5.74, 6) is 1.07. The van der Waals surface area contributed by atoms with Crippen LogP contribution < -0.4 is 0 Å². The molecule has 3 heteroatoms. The third kappa shape index (κ3) is 10.6. The second-order valence-corrected chi connectivity index (χ2v) is 11.6. The fraction of sp³-hybridized carbons (Fsp3) is 0.750. The van der Waals surface area contributed by atoms with Gasteiger partial charge in [0.15, 0.2) is 0 Å². The van der Waals surface area contributed by atoms with Crippen LogP contribution in [0, 0.1) is 5.92 Å². The summed E-state index contributed by atoms with van der Waals surface area (Å²) in [6.07, 6.45) is 9.60. The Bertz CT molecular complexity index is 639. The maximum atomic E-state index is 12.2. The molecule has 0 radical (unpaired) electrons. The van der Waals surface area contributed by atoms with E-state index in [-0.39, 0.29) is 16.8 Å². The van der Waals surface area contributed by atoms with Gasteiger partial charge in [0.05, 0.1) is 6.61 Å². The molecule has 0 saturated carbocycles. The maximum Gasteiger partial charge on any atom is 0.306 e. The summed E-state index contributed by atoms with van der Waals surface area (Å²) in [6.45, 7) is 17.7. The highest BCUT2D eigenvalue weighted by Gasteiger charge is 2.26. The van der Waals surface area contributed by atoms with Crippen LogP contribution in [0.3, 0.4) is 0 Å². The average molecular weight is 433 g/mol. The second kappa shape index (κ2) is 12.5. The van der Waals surface area contributed by atoms with Crippen LogP contribution in [0.1, 0.15) is 123 Å². The maximum absolute atomic E-state index is 12.2. The molecule has 0 amide bonds. The minimum absolute atomic E-state index is 0.125. The van der Waals surface area contributed by atoms with Crippen molar-refractivity contribution >= 4 is 5.97 Å². The van der Waals surface area contributed by atoms with E-state index in [1.807, 2.05) is 0 Å². The molecule has 0 aliphatic carbocycles. The predicted molar refractivity (Wildman–Crippen MR) is 132 cm³/mol. The Morgan fingerprint density at radius 2 is 1.35 bits per heavy atom. The molecule has 178 valence electrons. The first kappa shape index (κ1) is 27.5. The predicted octanol–water partition coefficient (Wildman–Crippen LogP) is 7.85. The summed E-state index contributed by atoms with van der Waals surface area (Å²) in [4.78, 5) is 12.2. The van der Waals surface area contributed by atoms with Crippen LogP contribution in [0.15, 0.2) is 12.1 Å². The van der Waals surface area contributed by atoms with E-state index >= 15 is 0 Å². The first-order chi connectivity index (χ1) is 14.3. The smallest absolute Gasteiger partial charge is 0.306 e. The lowest BCUT2D eigenvalue weighted by molar-refractivity contribution is -0.143. The van der Waals surface area contributed by atoms with Gasteiger partial charge in [-0.05, 0) is 46.3 Å². The zero-order valence-electron chi connectivity index (χ0n) is 21.6. The number of aryl methyl sites for hydroxylation is 1. The average Bonchev–Trinajstić information content (AvgIpc) is 2.63. The molecule has 1 N–H and O–H groups in total. The number of unbranched alkanes of at least 4 members (excludes halogenated alkanes) is 5. The zero-order chi connectivity index (χ0) is 23.7. The van der Waals surface area contributed by atoms with Crippen molar-refractivity contribution in [1.29, 1.82) is 0 Å². The van der Waals surface area contributed by atoms with Gasteiger partial charge < -0.3 is 9.84 Å². The number of aromatic hydroxyl groups is 1. The highest BCUT2D eigenvalue weighted by Crippen LogP contribution is 2.40. The molecule has 3 nitrogen and oxygen atoms in total. The molecular formula is C28H48O3. The fourth-order valence-corrected chi connectivity index (χ4v) is 3.85. The lowest BCUT2D eigenvalue weighted by Crippen LogP contribution is -2.18. The molecule has 1 aromatic carbocycles. The summed E-state index contributed by atoms with van der Waals surface area (Å²) in [7, 11) is 0. The molecular weight excluding hydrogens is 384 g/mol. The van der Waals surface area contributed by atoms with E-state index in [1.54, 1.807) is 0 Å². The molecule has 0 aromatic heterocycles. The van der Waals surface area contributed by atoms with Gasteiger partial charge in [0.25, 0.3) is 0 Å². The van der Waals surface area contributed by atoms with E-state index in [4.69, 9.17) is 4.74 Å². The number of carbonyl (C=O) groups excluding carboxylic acids is 1. The van der Waals surface area contributed by atoms with E-state index in [2.05, 4.69) is 67.5 Å². The van der Waals surface area contributed by atoms with Gasteiger partial charge >= 0.3 is 5.97 Å². The van der Waals surface area contributed by atoms with Crippen LogP contribution in [0.2, 0.25) is 0 Å². The highest BCUT2D eigenvalue weighted by molar-refractivity contribution is 5.69. The second-order valence-electron chi connectivity index (χ2n) is 11.6. The molecule has 0 aliphatic heterocycles. The number of benzene rings is 1. The van der Waals surface area contributed by atoms with E-state index in [0.29, 0.717) is 25.2 Å². The Hall–Kier alpha value is -1.51. The van der Waals surface area contributed by atoms with Crippen LogP contribution >= 0.6 is 0 Å². The zero-order valence-corrected chi connectivity index (χ0v) is 21.6. The largest absolute Gasteiger partial charge is 0.507 e. The number of hydrogen-bond acceptors (Lipinski definition) is 3. The number of phenols is 1. The number of phenolic OH excluding ortho intramolecular Hbond substituents is 1. The van der Waals surface area contributed by atoms with E-state index in [1.165, 1.54) is 32.1 Å². The lowest BCUT2D eigenvalue weighted by Gasteiger charge is -2.28. The SMILES string of the molecule is CC(C)CCCCCCCCOC(=O)CCc1cc(C(C)(C)C)c(O)c(C(C)(C)C)c1. The molecule has 0 saturated heterocycles. The Labute approximate surface area is 192 Å². The minimum Gasteiger partial charge on any atom is -0.507 e. The third-order valence-corrected chi connectivity index (χ3v) is 5.84. The first-order valence-electron chi connectivity index (χ1n) is 12.3. The summed E-state index contributed by atoms with van der Waals surface area (Å²) < 4.78 is 5.45. The quantitative estimate of drug-likeness (QED) is 0.270. The summed E-state index contributed by atoms with van der Waals surface area (Å²) in [5.41, 5.74) is 2.66. The number of esters is 1.